The Morgan fingerprint density at radius 3 is 2.64 bits per heavy atom. The molecule has 0 saturated carbocycles. The third-order valence-corrected chi connectivity index (χ3v) is 4.09. The summed E-state index contributed by atoms with van der Waals surface area (Å²) in [6.07, 6.45) is 1.48. The number of anilines is 1. The van der Waals surface area contributed by atoms with E-state index < -0.39 is 6.04 Å². The number of methoxy groups -OCH3 is 1. The normalized spacial score (nSPS) is 12.0. The number of halogens is 1. The number of ether oxygens (including phenoxy) is 1. The van der Waals surface area contributed by atoms with Crippen molar-refractivity contribution in [2.45, 2.75) is 19.9 Å². The number of aryl methyl sites for hydroxylation is 1. The largest absolute Gasteiger partial charge is 0.503 e. The molecule has 0 saturated heterocycles. The summed E-state index contributed by atoms with van der Waals surface area (Å²) in [5, 5.41) is 16.8. The van der Waals surface area contributed by atoms with Gasteiger partial charge in [-0.25, -0.2) is 5.43 Å². The SMILES string of the molecule is COc1cc(/C=N\NC(=O)[C@@H](C)Nc2ccc(C)cc2)cc(Br)c1O. The van der Waals surface area contributed by atoms with Gasteiger partial charge in [-0.1, -0.05) is 17.7 Å². The molecule has 3 N–H and O–H groups in total. The van der Waals surface area contributed by atoms with Gasteiger partial charge in [0.15, 0.2) is 11.5 Å². The van der Waals surface area contributed by atoms with Crippen LogP contribution in [-0.4, -0.2) is 30.4 Å². The lowest BCUT2D eigenvalue weighted by Crippen LogP contribution is -2.34. The van der Waals surface area contributed by atoms with E-state index in [1.165, 1.54) is 13.3 Å². The van der Waals surface area contributed by atoms with E-state index in [1.54, 1.807) is 19.1 Å². The number of nitrogens with zero attached hydrogens (tertiary/aromatic N) is 1. The van der Waals surface area contributed by atoms with E-state index in [2.05, 4.69) is 31.8 Å². The molecule has 2 aromatic carbocycles. The van der Waals surface area contributed by atoms with E-state index >= 15 is 0 Å². The molecule has 0 heterocycles. The second-order valence-corrected chi connectivity index (χ2v) is 6.37. The fourth-order valence-electron chi connectivity index (χ4n) is 2.06. The van der Waals surface area contributed by atoms with Crippen LogP contribution in [0.5, 0.6) is 11.5 Å². The number of hydrogen-bond acceptors (Lipinski definition) is 5. The molecule has 0 spiro atoms. The Kier molecular flexibility index (Phi) is 6.41. The maximum atomic E-state index is 12.1. The van der Waals surface area contributed by atoms with Crippen molar-refractivity contribution >= 4 is 33.7 Å². The van der Waals surface area contributed by atoms with Crippen LogP contribution in [0.25, 0.3) is 0 Å². The highest BCUT2D eigenvalue weighted by molar-refractivity contribution is 9.10. The predicted octanol–water partition coefficient (Wildman–Crippen LogP) is 3.42. The van der Waals surface area contributed by atoms with Crippen molar-refractivity contribution in [2.75, 3.05) is 12.4 Å². The summed E-state index contributed by atoms with van der Waals surface area (Å²) < 4.78 is 5.55. The van der Waals surface area contributed by atoms with Gasteiger partial charge >= 0.3 is 0 Å². The van der Waals surface area contributed by atoms with Crippen LogP contribution >= 0.6 is 15.9 Å². The summed E-state index contributed by atoms with van der Waals surface area (Å²) in [4.78, 5) is 12.1. The van der Waals surface area contributed by atoms with Crippen molar-refractivity contribution in [1.29, 1.82) is 0 Å². The average molecular weight is 406 g/mol. The van der Waals surface area contributed by atoms with Crippen LogP contribution in [0.1, 0.15) is 18.1 Å². The summed E-state index contributed by atoms with van der Waals surface area (Å²) in [6.45, 7) is 3.76. The number of carbonyl (C=O) groups excluding carboxylic acids is 1. The Balaban J connectivity index is 1.95. The first-order valence-corrected chi connectivity index (χ1v) is 8.42. The molecule has 0 fully saturated rings. The van der Waals surface area contributed by atoms with Gasteiger partial charge in [0.1, 0.15) is 6.04 Å². The third kappa shape index (κ3) is 5.22. The first kappa shape index (κ1) is 18.8. The Labute approximate surface area is 155 Å². The molecule has 1 atom stereocenters. The Bertz CT molecular complexity index is 776. The van der Waals surface area contributed by atoms with Gasteiger partial charge in [0, 0.05) is 5.69 Å². The molecule has 2 aromatic rings. The Hall–Kier alpha value is -2.54. The van der Waals surface area contributed by atoms with Crippen molar-refractivity contribution in [2.24, 2.45) is 5.10 Å². The maximum absolute atomic E-state index is 12.1. The lowest BCUT2D eigenvalue weighted by Gasteiger charge is -2.13. The highest BCUT2D eigenvalue weighted by atomic mass is 79.9. The van der Waals surface area contributed by atoms with E-state index in [4.69, 9.17) is 4.74 Å². The van der Waals surface area contributed by atoms with E-state index in [-0.39, 0.29) is 11.7 Å². The first-order valence-electron chi connectivity index (χ1n) is 7.63. The van der Waals surface area contributed by atoms with Crippen molar-refractivity contribution in [3.8, 4) is 11.5 Å². The minimum atomic E-state index is -0.444. The molecule has 0 aliphatic heterocycles. The molecule has 0 unspecified atom stereocenters. The number of benzene rings is 2. The van der Waals surface area contributed by atoms with Crippen LogP contribution in [0, 0.1) is 6.92 Å². The zero-order chi connectivity index (χ0) is 18.4. The van der Waals surface area contributed by atoms with Crippen LogP contribution in [-0.2, 0) is 4.79 Å². The second-order valence-electron chi connectivity index (χ2n) is 5.52. The van der Waals surface area contributed by atoms with Gasteiger partial charge in [0.25, 0.3) is 5.91 Å². The summed E-state index contributed by atoms with van der Waals surface area (Å²) in [7, 11) is 1.46. The molecular formula is C18H20BrN3O3. The number of amides is 1. The van der Waals surface area contributed by atoms with Crippen LogP contribution in [0.15, 0.2) is 46.0 Å². The summed E-state index contributed by atoms with van der Waals surface area (Å²) in [5.41, 5.74) is 5.17. The van der Waals surface area contributed by atoms with Gasteiger partial charge in [0.2, 0.25) is 0 Å². The quantitative estimate of drug-likeness (QED) is 0.507. The highest BCUT2D eigenvalue weighted by Gasteiger charge is 2.12. The molecule has 25 heavy (non-hydrogen) atoms. The topological polar surface area (TPSA) is 83.0 Å². The van der Waals surface area contributed by atoms with E-state index in [9.17, 15) is 9.90 Å². The van der Waals surface area contributed by atoms with Crippen LogP contribution in [0.2, 0.25) is 0 Å². The van der Waals surface area contributed by atoms with Crippen molar-refractivity contribution in [1.82, 2.24) is 5.43 Å². The molecule has 6 nitrogen and oxygen atoms in total. The fraction of sp³-hybridized carbons (Fsp3) is 0.222. The number of hydrazone groups is 1. The van der Waals surface area contributed by atoms with Gasteiger partial charge in [-0.3, -0.25) is 4.79 Å². The molecule has 0 radical (unpaired) electrons. The molecule has 7 heteroatoms. The molecule has 0 aromatic heterocycles. The van der Waals surface area contributed by atoms with Gasteiger partial charge < -0.3 is 15.2 Å². The average Bonchev–Trinajstić information content (AvgIpc) is 2.59. The van der Waals surface area contributed by atoms with E-state index in [1.807, 2.05) is 31.2 Å². The van der Waals surface area contributed by atoms with Gasteiger partial charge in [-0.2, -0.15) is 5.10 Å². The zero-order valence-electron chi connectivity index (χ0n) is 14.2. The summed E-state index contributed by atoms with van der Waals surface area (Å²) in [5.74, 6) is 0.0674. The first-order chi connectivity index (χ1) is 11.9. The van der Waals surface area contributed by atoms with Gasteiger partial charge in [-0.05, 0) is 59.6 Å². The van der Waals surface area contributed by atoms with Crippen molar-refractivity contribution in [3.05, 3.63) is 52.0 Å². The zero-order valence-corrected chi connectivity index (χ0v) is 15.8. The van der Waals surface area contributed by atoms with Gasteiger partial charge in [-0.15, -0.1) is 0 Å². The number of carbonyl (C=O) groups is 1. The second kappa shape index (κ2) is 8.53. The van der Waals surface area contributed by atoms with E-state index in [0.717, 1.165) is 11.3 Å². The smallest absolute Gasteiger partial charge is 0.262 e. The van der Waals surface area contributed by atoms with Crippen molar-refractivity contribution in [3.63, 3.8) is 0 Å². The molecule has 132 valence electrons. The molecule has 1 amide bonds. The monoisotopic (exact) mass is 405 g/mol. The Morgan fingerprint density at radius 2 is 2.00 bits per heavy atom. The Morgan fingerprint density at radius 1 is 1.32 bits per heavy atom. The van der Waals surface area contributed by atoms with Crippen LogP contribution in [0.4, 0.5) is 5.69 Å². The standard InChI is InChI=1S/C18H20BrN3O3/c1-11-4-6-14(7-5-11)21-12(2)18(24)22-20-10-13-8-15(19)17(23)16(9-13)25-3/h4-10,12,21,23H,1-3H3,(H,22,24)/b20-10-/t12-/m1/s1. The number of rotatable bonds is 6. The number of hydrogen-bond donors (Lipinski definition) is 3. The minimum Gasteiger partial charge on any atom is -0.503 e. The molecule has 0 aliphatic rings. The lowest BCUT2D eigenvalue weighted by atomic mass is 10.2. The highest BCUT2D eigenvalue weighted by Crippen LogP contribution is 2.34. The third-order valence-electron chi connectivity index (χ3n) is 3.49. The molecule has 0 bridgehead atoms. The summed E-state index contributed by atoms with van der Waals surface area (Å²) >= 11 is 3.23. The number of aromatic hydroxyl groups is 1. The molecule has 2 rings (SSSR count). The van der Waals surface area contributed by atoms with Crippen LogP contribution in [0.3, 0.4) is 0 Å². The van der Waals surface area contributed by atoms with Gasteiger partial charge in [0.05, 0.1) is 17.8 Å². The minimum absolute atomic E-state index is 0.0135. The number of nitrogens with one attached hydrogen (secondary N) is 2. The van der Waals surface area contributed by atoms with Crippen LogP contribution < -0.4 is 15.5 Å². The summed E-state index contributed by atoms with van der Waals surface area (Å²) in [6, 6.07) is 10.6. The molecule has 0 aliphatic carbocycles. The fourth-order valence-corrected chi connectivity index (χ4v) is 2.52. The predicted molar refractivity (Wildman–Crippen MR) is 102 cm³/mol. The lowest BCUT2D eigenvalue weighted by molar-refractivity contribution is -0.121. The van der Waals surface area contributed by atoms with E-state index in [0.29, 0.717) is 15.8 Å². The number of phenols is 1. The maximum Gasteiger partial charge on any atom is 0.262 e. The molecular weight excluding hydrogens is 386 g/mol. The van der Waals surface area contributed by atoms with Crippen molar-refractivity contribution < 1.29 is 14.6 Å². The number of phenolic OH excluding ortho intramolecular Hbond substituents is 1.